The summed E-state index contributed by atoms with van der Waals surface area (Å²) in [5.74, 6) is 0.486. The molecule has 0 aliphatic carbocycles. The minimum absolute atomic E-state index is 0.271. The predicted molar refractivity (Wildman–Crippen MR) is 111 cm³/mol. The molecule has 0 saturated carbocycles. The van der Waals surface area contributed by atoms with Gasteiger partial charge in [0.25, 0.3) is 5.91 Å². The van der Waals surface area contributed by atoms with Crippen LogP contribution in [0.5, 0.6) is 0 Å². The Hall–Kier alpha value is -2.41. The number of thiocarbonyl (C=S) groups is 1. The molecule has 1 amide bonds. The maximum absolute atomic E-state index is 13.1. The molecule has 3 aromatic rings. The summed E-state index contributed by atoms with van der Waals surface area (Å²) in [5, 5.41) is 0.584. The molecule has 2 heterocycles. The zero-order valence-corrected chi connectivity index (χ0v) is 16.1. The Bertz CT molecular complexity index is 1080. The summed E-state index contributed by atoms with van der Waals surface area (Å²) in [7, 11) is 0. The highest BCUT2D eigenvalue weighted by atomic mass is 35.5. The molecule has 0 unspecified atom stereocenters. The molecule has 3 nitrogen and oxygen atoms in total. The van der Waals surface area contributed by atoms with E-state index < -0.39 is 0 Å². The van der Waals surface area contributed by atoms with E-state index in [9.17, 15) is 9.18 Å². The first-order valence-corrected chi connectivity index (χ1v) is 9.51. The van der Waals surface area contributed by atoms with E-state index in [2.05, 4.69) is 0 Å². The molecule has 0 atom stereocenters. The summed E-state index contributed by atoms with van der Waals surface area (Å²) in [4.78, 5) is 14.5. The van der Waals surface area contributed by atoms with Crippen LogP contribution in [0.3, 0.4) is 0 Å². The zero-order valence-electron chi connectivity index (χ0n) is 13.7. The van der Waals surface area contributed by atoms with Gasteiger partial charge in [-0.1, -0.05) is 47.7 Å². The van der Waals surface area contributed by atoms with E-state index in [1.165, 1.54) is 40.9 Å². The average molecular weight is 416 g/mol. The van der Waals surface area contributed by atoms with Crippen molar-refractivity contribution in [2.45, 2.75) is 0 Å². The molecule has 0 spiro atoms. The van der Waals surface area contributed by atoms with Gasteiger partial charge in [-0.05, 0) is 48.5 Å². The molecule has 1 aliphatic rings. The number of amides is 1. The Morgan fingerprint density at radius 1 is 1.07 bits per heavy atom. The lowest BCUT2D eigenvalue weighted by Gasteiger charge is -2.14. The maximum Gasteiger partial charge on any atom is 0.270 e. The summed E-state index contributed by atoms with van der Waals surface area (Å²) < 4.78 is 19.3. The van der Waals surface area contributed by atoms with Crippen molar-refractivity contribution in [3.63, 3.8) is 0 Å². The number of carbonyl (C=O) groups excluding carboxylic acids is 1. The SMILES string of the molecule is O=C1/C(=C/c2ccc(-c3ccccc3Cl)o2)SC(=S)N1c1ccc(F)cc1. The highest BCUT2D eigenvalue weighted by Crippen LogP contribution is 2.37. The van der Waals surface area contributed by atoms with Gasteiger partial charge in [-0.25, -0.2) is 4.39 Å². The van der Waals surface area contributed by atoms with Crippen LogP contribution in [0.2, 0.25) is 5.02 Å². The van der Waals surface area contributed by atoms with Gasteiger partial charge in [-0.2, -0.15) is 0 Å². The number of hydrogen-bond donors (Lipinski definition) is 0. The number of furan rings is 1. The molecule has 27 heavy (non-hydrogen) atoms. The third-order valence-electron chi connectivity index (χ3n) is 3.92. The first-order chi connectivity index (χ1) is 13.0. The van der Waals surface area contributed by atoms with Gasteiger partial charge in [0, 0.05) is 11.6 Å². The molecule has 0 radical (unpaired) electrons. The quantitative estimate of drug-likeness (QED) is 0.379. The monoisotopic (exact) mass is 415 g/mol. The molecule has 4 rings (SSSR count). The molecule has 1 aromatic heterocycles. The summed E-state index contributed by atoms with van der Waals surface area (Å²) in [5.41, 5.74) is 1.30. The van der Waals surface area contributed by atoms with E-state index in [1.807, 2.05) is 18.2 Å². The molecule has 7 heteroatoms. The molecular formula is C20H11ClFNO2S2. The first-order valence-electron chi connectivity index (χ1n) is 7.91. The standard InChI is InChI=1S/C20H11ClFNO2S2/c21-16-4-2-1-3-15(16)17-10-9-14(25-17)11-18-19(24)23(20(26)27-18)13-7-5-12(22)6-8-13/h1-11H/b18-11-. The van der Waals surface area contributed by atoms with Gasteiger partial charge in [-0.3, -0.25) is 9.69 Å². The lowest BCUT2D eigenvalue weighted by atomic mass is 10.2. The molecule has 134 valence electrons. The molecule has 1 fully saturated rings. The summed E-state index contributed by atoms with van der Waals surface area (Å²) >= 11 is 12.7. The molecule has 0 N–H and O–H groups in total. The Kier molecular flexibility index (Phi) is 4.86. The van der Waals surface area contributed by atoms with Crippen LogP contribution in [0.25, 0.3) is 17.4 Å². The molecule has 0 bridgehead atoms. The largest absolute Gasteiger partial charge is 0.457 e. The van der Waals surface area contributed by atoms with Crippen LogP contribution in [0.4, 0.5) is 10.1 Å². The predicted octanol–water partition coefficient (Wildman–Crippen LogP) is 6.14. The lowest BCUT2D eigenvalue weighted by Crippen LogP contribution is -2.27. The van der Waals surface area contributed by atoms with E-state index in [0.717, 1.165) is 5.56 Å². The van der Waals surface area contributed by atoms with Crippen molar-refractivity contribution in [3.8, 4) is 11.3 Å². The Labute approximate surface area is 169 Å². The minimum Gasteiger partial charge on any atom is -0.457 e. The highest BCUT2D eigenvalue weighted by molar-refractivity contribution is 8.27. The number of nitrogens with zero attached hydrogens (tertiary/aromatic N) is 1. The van der Waals surface area contributed by atoms with Crippen molar-refractivity contribution >= 4 is 57.6 Å². The van der Waals surface area contributed by atoms with E-state index in [4.69, 9.17) is 28.2 Å². The third-order valence-corrected chi connectivity index (χ3v) is 5.55. The van der Waals surface area contributed by atoms with Crippen molar-refractivity contribution < 1.29 is 13.6 Å². The minimum atomic E-state index is -0.373. The number of anilines is 1. The van der Waals surface area contributed by atoms with Gasteiger partial charge in [-0.15, -0.1) is 0 Å². The molecular weight excluding hydrogens is 405 g/mol. The van der Waals surface area contributed by atoms with E-state index in [1.54, 1.807) is 24.3 Å². The van der Waals surface area contributed by atoms with Gasteiger partial charge in [0.1, 0.15) is 17.3 Å². The number of carbonyl (C=O) groups is 1. The number of hydrogen-bond acceptors (Lipinski definition) is 4. The van der Waals surface area contributed by atoms with Gasteiger partial charge in [0.05, 0.1) is 15.6 Å². The molecule has 2 aromatic carbocycles. The van der Waals surface area contributed by atoms with Gasteiger partial charge >= 0.3 is 0 Å². The Morgan fingerprint density at radius 2 is 1.81 bits per heavy atom. The Balaban J connectivity index is 1.62. The van der Waals surface area contributed by atoms with Crippen LogP contribution in [0.1, 0.15) is 5.76 Å². The highest BCUT2D eigenvalue weighted by Gasteiger charge is 2.33. The normalized spacial score (nSPS) is 15.8. The van der Waals surface area contributed by atoms with E-state index in [0.29, 0.717) is 31.5 Å². The smallest absolute Gasteiger partial charge is 0.270 e. The second-order valence-corrected chi connectivity index (χ2v) is 7.76. The zero-order chi connectivity index (χ0) is 19.0. The summed E-state index contributed by atoms with van der Waals surface area (Å²) in [6, 6.07) is 16.5. The topological polar surface area (TPSA) is 33.5 Å². The van der Waals surface area contributed by atoms with Crippen LogP contribution < -0.4 is 4.90 Å². The van der Waals surface area contributed by atoms with Crippen molar-refractivity contribution in [1.82, 2.24) is 0 Å². The van der Waals surface area contributed by atoms with Crippen LogP contribution in [-0.2, 0) is 4.79 Å². The summed E-state index contributed by atoms with van der Waals surface area (Å²) in [6.07, 6.45) is 1.64. The number of rotatable bonds is 3. The number of benzene rings is 2. The van der Waals surface area contributed by atoms with Gasteiger partial charge in [0.15, 0.2) is 4.32 Å². The van der Waals surface area contributed by atoms with Gasteiger partial charge in [0.2, 0.25) is 0 Å². The maximum atomic E-state index is 13.1. The average Bonchev–Trinajstić information content (AvgIpc) is 3.22. The second kappa shape index (κ2) is 7.31. The molecule has 1 aliphatic heterocycles. The van der Waals surface area contributed by atoms with Crippen LogP contribution >= 0.6 is 35.6 Å². The third kappa shape index (κ3) is 3.56. The van der Waals surface area contributed by atoms with Gasteiger partial charge < -0.3 is 4.42 Å². The van der Waals surface area contributed by atoms with Crippen LogP contribution in [-0.4, -0.2) is 10.2 Å². The van der Waals surface area contributed by atoms with Crippen LogP contribution in [0, 0.1) is 5.82 Å². The van der Waals surface area contributed by atoms with Crippen molar-refractivity contribution in [3.05, 3.63) is 82.2 Å². The van der Waals surface area contributed by atoms with E-state index >= 15 is 0 Å². The van der Waals surface area contributed by atoms with Crippen molar-refractivity contribution in [2.24, 2.45) is 0 Å². The van der Waals surface area contributed by atoms with Crippen molar-refractivity contribution in [1.29, 1.82) is 0 Å². The van der Waals surface area contributed by atoms with Crippen molar-refractivity contribution in [2.75, 3.05) is 4.90 Å². The van der Waals surface area contributed by atoms with E-state index in [-0.39, 0.29) is 11.7 Å². The fraction of sp³-hybridized carbons (Fsp3) is 0. The summed E-state index contributed by atoms with van der Waals surface area (Å²) in [6.45, 7) is 0. The number of halogens is 2. The molecule has 1 saturated heterocycles. The lowest BCUT2D eigenvalue weighted by molar-refractivity contribution is -0.113. The van der Waals surface area contributed by atoms with Crippen LogP contribution in [0.15, 0.2) is 70.0 Å². The number of thioether (sulfide) groups is 1. The fourth-order valence-electron chi connectivity index (χ4n) is 2.65. The second-order valence-electron chi connectivity index (χ2n) is 5.68. The fourth-order valence-corrected chi connectivity index (χ4v) is 4.15. The Morgan fingerprint density at radius 3 is 2.56 bits per heavy atom. The first kappa shape index (κ1) is 18.0.